The minimum Gasteiger partial charge on any atom is -0.353 e. The summed E-state index contributed by atoms with van der Waals surface area (Å²) >= 11 is 0. The number of fused-ring (bicyclic) bond motifs is 1. The molecular weight excluding hydrogens is 355 g/mol. The van der Waals surface area contributed by atoms with E-state index in [-0.39, 0.29) is 0 Å². The quantitative estimate of drug-likeness (QED) is 0.706. The number of piperazine rings is 1. The third-order valence-electron chi connectivity index (χ3n) is 5.48. The Balaban J connectivity index is 1.72. The third-order valence-corrected chi connectivity index (χ3v) is 5.48. The van der Waals surface area contributed by atoms with Gasteiger partial charge in [-0.3, -0.25) is 4.98 Å². The second-order valence-electron chi connectivity index (χ2n) is 8.01. The lowest BCUT2D eigenvalue weighted by molar-refractivity contribution is 0.406. The number of hydrogen-bond acceptors (Lipinski definition) is 6. The smallest absolute Gasteiger partial charge is 0.213 e. The van der Waals surface area contributed by atoms with Crippen molar-refractivity contribution in [2.45, 2.75) is 44.7 Å². The van der Waals surface area contributed by atoms with Gasteiger partial charge in [0, 0.05) is 54.6 Å². The summed E-state index contributed by atoms with van der Waals surface area (Å²) in [6.45, 7) is 6.11. The van der Waals surface area contributed by atoms with Crippen LogP contribution in [-0.2, 0) is 0 Å². The maximum Gasteiger partial charge on any atom is 0.213 e. The Morgan fingerprint density at radius 2 is 1.89 bits per heavy atom. The first-order valence-electron chi connectivity index (χ1n) is 9.87. The molecule has 144 valence electrons. The number of nitrogens with zero attached hydrogens (tertiary/aromatic N) is 5. The molecular formula is C21H23FN6. The summed E-state index contributed by atoms with van der Waals surface area (Å²) in [5, 5.41) is 4.67. The van der Waals surface area contributed by atoms with Gasteiger partial charge in [-0.25, -0.2) is 15.0 Å². The summed E-state index contributed by atoms with van der Waals surface area (Å²) in [6, 6.07) is 3.85. The predicted molar refractivity (Wildman–Crippen MR) is 107 cm³/mol. The van der Waals surface area contributed by atoms with Crippen molar-refractivity contribution in [1.82, 2.24) is 25.3 Å². The maximum atomic E-state index is 13.7. The monoisotopic (exact) mass is 378 g/mol. The Morgan fingerprint density at radius 3 is 2.61 bits per heavy atom. The second kappa shape index (κ2) is 6.74. The largest absolute Gasteiger partial charge is 0.353 e. The van der Waals surface area contributed by atoms with E-state index in [1.165, 1.54) is 30.7 Å². The molecule has 3 aromatic heterocycles. The van der Waals surface area contributed by atoms with Gasteiger partial charge in [0.15, 0.2) is 5.82 Å². The summed E-state index contributed by atoms with van der Waals surface area (Å²) in [5.41, 5.74) is 2.68. The number of pyridine rings is 2. The first-order chi connectivity index (χ1) is 13.6. The van der Waals surface area contributed by atoms with Crippen molar-refractivity contribution in [2.75, 3.05) is 18.0 Å². The molecule has 6 nitrogen and oxygen atoms in total. The van der Waals surface area contributed by atoms with Gasteiger partial charge in [-0.15, -0.1) is 0 Å². The number of anilines is 1. The fraction of sp³-hybridized carbons (Fsp3) is 0.429. The molecule has 1 aliphatic carbocycles. The Labute approximate surface area is 163 Å². The van der Waals surface area contributed by atoms with Crippen LogP contribution in [0.15, 0.2) is 30.7 Å². The van der Waals surface area contributed by atoms with Crippen LogP contribution in [-0.4, -0.2) is 45.1 Å². The molecule has 0 bridgehead atoms. The zero-order valence-corrected chi connectivity index (χ0v) is 16.1. The molecule has 4 heterocycles. The number of rotatable bonds is 3. The lowest BCUT2D eigenvalue weighted by atomic mass is 10.1. The Bertz CT molecular complexity index is 1020. The van der Waals surface area contributed by atoms with E-state index in [0.29, 0.717) is 29.4 Å². The first kappa shape index (κ1) is 17.4. The molecule has 0 aromatic carbocycles. The summed E-state index contributed by atoms with van der Waals surface area (Å²) in [4.78, 5) is 20.1. The van der Waals surface area contributed by atoms with E-state index in [1.54, 1.807) is 12.3 Å². The van der Waals surface area contributed by atoms with Crippen molar-refractivity contribution in [1.29, 1.82) is 0 Å². The minimum atomic E-state index is -0.531. The molecule has 3 aromatic rings. The summed E-state index contributed by atoms with van der Waals surface area (Å²) in [7, 11) is 0. The number of aromatic nitrogens is 4. The zero-order valence-electron chi connectivity index (χ0n) is 16.1. The fourth-order valence-corrected chi connectivity index (χ4v) is 4.19. The molecule has 2 atom stereocenters. The van der Waals surface area contributed by atoms with Crippen LogP contribution < -0.4 is 10.2 Å². The van der Waals surface area contributed by atoms with Crippen molar-refractivity contribution >= 4 is 16.7 Å². The molecule has 2 unspecified atom stereocenters. The molecule has 5 rings (SSSR count). The SMILES string of the molecule is CC1CN(c2nc(-c3ccnc(F)c3)nc3cncc(C4CC4)c23)CC(C)N1. The lowest BCUT2D eigenvalue weighted by Crippen LogP contribution is -2.54. The Kier molecular flexibility index (Phi) is 4.19. The average Bonchev–Trinajstić information content (AvgIpc) is 3.51. The van der Waals surface area contributed by atoms with Gasteiger partial charge in [0.05, 0.1) is 11.7 Å². The van der Waals surface area contributed by atoms with Gasteiger partial charge in [0.25, 0.3) is 0 Å². The Hall–Kier alpha value is -2.67. The standard InChI is InChI=1S/C21H23FN6/c1-12-10-28(11-13(2)25-12)21-19-16(14-3-4-14)8-23-9-17(19)26-20(27-21)15-5-6-24-18(22)7-15/h5-9,12-14,25H,3-4,10-11H2,1-2H3. The molecule has 0 amide bonds. The highest BCUT2D eigenvalue weighted by Gasteiger charge is 2.30. The molecule has 1 saturated heterocycles. The van der Waals surface area contributed by atoms with E-state index in [4.69, 9.17) is 9.97 Å². The second-order valence-corrected chi connectivity index (χ2v) is 8.01. The summed E-state index contributed by atoms with van der Waals surface area (Å²) < 4.78 is 13.7. The van der Waals surface area contributed by atoms with Gasteiger partial charge >= 0.3 is 0 Å². The molecule has 2 fully saturated rings. The van der Waals surface area contributed by atoms with E-state index in [9.17, 15) is 4.39 Å². The molecule has 1 saturated carbocycles. The molecule has 1 N–H and O–H groups in total. The van der Waals surface area contributed by atoms with Crippen LogP contribution in [0.25, 0.3) is 22.3 Å². The van der Waals surface area contributed by atoms with E-state index >= 15 is 0 Å². The highest BCUT2D eigenvalue weighted by atomic mass is 19.1. The maximum absolute atomic E-state index is 13.7. The normalized spacial score (nSPS) is 22.6. The van der Waals surface area contributed by atoms with Gasteiger partial charge < -0.3 is 10.2 Å². The van der Waals surface area contributed by atoms with Crippen molar-refractivity contribution < 1.29 is 4.39 Å². The van der Waals surface area contributed by atoms with Crippen LogP contribution in [0.1, 0.15) is 38.2 Å². The van der Waals surface area contributed by atoms with E-state index in [1.807, 2.05) is 6.20 Å². The van der Waals surface area contributed by atoms with Gasteiger partial charge in [0.2, 0.25) is 5.95 Å². The highest BCUT2D eigenvalue weighted by molar-refractivity contribution is 5.94. The van der Waals surface area contributed by atoms with Crippen molar-refractivity contribution in [3.8, 4) is 11.4 Å². The molecule has 2 aliphatic rings. The van der Waals surface area contributed by atoms with Crippen LogP contribution in [0.2, 0.25) is 0 Å². The van der Waals surface area contributed by atoms with Crippen molar-refractivity contribution in [2.24, 2.45) is 0 Å². The highest BCUT2D eigenvalue weighted by Crippen LogP contribution is 2.44. The third kappa shape index (κ3) is 3.20. The lowest BCUT2D eigenvalue weighted by Gasteiger charge is -2.37. The Morgan fingerprint density at radius 1 is 1.11 bits per heavy atom. The van der Waals surface area contributed by atoms with Gasteiger partial charge in [-0.2, -0.15) is 4.39 Å². The molecule has 0 spiro atoms. The summed E-state index contributed by atoms with van der Waals surface area (Å²) in [6.07, 6.45) is 7.58. The number of halogens is 1. The number of hydrogen-bond donors (Lipinski definition) is 1. The van der Waals surface area contributed by atoms with Crippen molar-refractivity contribution in [3.63, 3.8) is 0 Å². The molecule has 0 radical (unpaired) electrons. The van der Waals surface area contributed by atoms with Crippen molar-refractivity contribution in [3.05, 3.63) is 42.2 Å². The predicted octanol–water partition coefficient (Wildman–Crippen LogP) is 3.29. The van der Waals surface area contributed by atoms with Crippen LogP contribution in [0.3, 0.4) is 0 Å². The van der Waals surface area contributed by atoms with Gasteiger partial charge in [-0.1, -0.05) is 0 Å². The first-order valence-corrected chi connectivity index (χ1v) is 9.87. The van der Waals surface area contributed by atoms with Crippen LogP contribution in [0.4, 0.5) is 10.2 Å². The minimum absolute atomic E-state index is 0.363. The van der Waals surface area contributed by atoms with E-state index in [2.05, 4.69) is 34.0 Å². The van der Waals surface area contributed by atoms with Gasteiger partial charge in [0.1, 0.15) is 5.82 Å². The van der Waals surface area contributed by atoms with E-state index < -0.39 is 5.95 Å². The molecule has 7 heteroatoms. The average molecular weight is 378 g/mol. The summed E-state index contributed by atoms with van der Waals surface area (Å²) in [5.74, 6) is 1.46. The zero-order chi connectivity index (χ0) is 19.3. The fourth-order valence-electron chi connectivity index (χ4n) is 4.19. The van der Waals surface area contributed by atoms with E-state index in [0.717, 1.165) is 29.8 Å². The van der Waals surface area contributed by atoms with Crippen LogP contribution in [0.5, 0.6) is 0 Å². The van der Waals surface area contributed by atoms with Crippen LogP contribution in [0, 0.1) is 5.95 Å². The van der Waals surface area contributed by atoms with Gasteiger partial charge in [-0.05, 0) is 44.2 Å². The molecule has 1 aliphatic heterocycles. The number of nitrogens with one attached hydrogen (secondary N) is 1. The molecule has 28 heavy (non-hydrogen) atoms. The van der Waals surface area contributed by atoms with Crippen LogP contribution >= 0.6 is 0 Å². The topological polar surface area (TPSA) is 66.8 Å².